The van der Waals surface area contributed by atoms with Gasteiger partial charge in [0.1, 0.15) is 0 Å². The maximum atomic E-state index is 2.41. The van der Waals surface area contributed by atoms with Gasteiger partial charge in [0.15, 0.2) is 0 Å². The highest BCUT2D eigenvalue weighted by Gasteiger charge is 2.16. The normalized spacial score (nSPS) is 12.4. The van der Waals surface area contributed by atoms with Gasteiger partial charge in [0.2, 0.25) is 0 Å². The molecule has 8 aromatic carbocycles. The van der Waals surface area contributed by atoms with E-state index in [-0.39, 0.29) is 0 Å². The Morgan fingerprint density at radius 3 is 1.69 bits per heavy atom. The van der Waals surface area contributed by atoms with Gasteiger partial charge < -0.3 is 0 Å². The van der Waals surface area contributed by atoms with Crippen molar-refractivity contribution in [2.45, 2.75) is 0 Å². The standard InChI is InChI=1S/C32H18/c1-2-10-22-19(6-1)14-15-24-23(22)16-17-27-29(24)18-21-9-5-12-26-25-11-3-7-20-8-4-13-28(30(20)25)32(27)31(21)26/h1-18H. The lowest BCUT2D eigenvalue weighted by atomic mass is 9.86. The van der Waals surface area contributed by atoms with Gasteiger partial charge in [-0.2, -0.15) is 0 Å². The maximum absolute atomic E-state index is 2.41. The lowest BCUT2D eigenvalue weighted by Gasteiger charge is -2.17. The van der Waals surface area contributed by atoms with Crippen LogP contribution in [0.1, 0.15) is 0 Å². The van der Waals surface area contributed by atoms with Crippen molar-refractivity contribution < 1.29 is 0 Å². The lowest BCUT2D eigenvalue weighted by Crippen LogP contribution is -1.89. The monoisotopic (exact) mass is 402 g/mol. The maximum Gasteiger partial charge on any atom is -0.00139 e. The molecule has 0 unspecified atom stereocenters. The molecule has 0 radical (unpaired) electrons. The minimum Gasteiger partial charge on any atom is -0.0616 e. The summed E-state index contributed by atoms with van der Waals surface area (Å²) in [6.45, 7) is 0. The van der Waals surface area contributed by atoms with E-state index < -0.39 is 0 Å². The Morgan fingerprint density at radius 2 is 0.812 bits per heavy atom. The van der Waals surface area contributed by atoms with Crippen LogP contribution in [0.3, 0.4) is 0 Å². The van der Waals surface area contributed by atoms with Gasteiger partial charge in [-0.15, -0.1) is 0 Å². The minimum absolute atomic E-state index is 1.29. The predicted molar refractivity (Wildman–Crippen MR) is 140 cm³/mol. The minimum atomic E-state index is 1.29. The Kier molecular flexibility index (Phi) is 2.97. The molecule has 0 fully saturated rings. The molecule has 146 valence electrons. The van der Waals surface area contributed by atoms with Gasteiger partial charge in [0, 0.05) is 0 Å². The van der Waals surface area contributed by atoms with Crippen molar-refractivity contribution in [1.29, 1.82) is 0 Å². The van der Waals surface area contributed by atoms with Crippen LogP contribution in [0.4, 0.5) is 0 Å². The van der Waals surface area contributed by atoms with Gasteiger partial charge in [-0.1, -0.05) is 103 Å². The Bertz CT molecular complexity index is 2020. The van der Waals surface area contributed by atoms with E-state index in [1.807, 2.05) is 0 Å². The van der Waals surface area contributed by atoms with E-state index in [0.717, 1.165) is 0 Å². The first kappa shape index (κ1) is 16.5. The number of rotatable bonds is 0. The Hall–Kier alpha value is -4.16. The fraction of sp³-hybridized carbons (Fsp3) is 0. The molecule has 0 heteroatoms. The second kappa shape index (κ2) is 5.75. The molecule has 0 saturated carbocycles. The fourth-order valence-corrected chi connectivity index (χ4v) is 6.02. The predicted octanol–water partition coefficient (Wildman–Crippen LogP) is 9.20. The molecule has 0 aromatic heterocycles. The van der Waals surface area contributed by atoms with E-state index in [2.05, 4.69) is 109 Å². The zero-order valence-electron chi connectivity index (χ0n) is 17.4. The molecule has 0 N–H and O–H groups in total. The summed E-state index contributed by atoms with van der Waals surface area (Å²) >= 11 is 0. The van der Waals surface area contributed by atoms with E-state index in [1.165, 1.54) is 75.4 Å². The summed E-state index contributed by atoms with van der Waals surface area (Å²) in [4.78, 5) is 0. The second-order valence-electron chi connectivity index (χ2n) is 8.91. The quantitative estimate of drug-likeness (QED) is 0.175. The summed E-state index contributed by atoms with van der Waals surface area (Å²) in [6, 6.07) is 40.6. The zero-order chi connectivity index (χ0) is 20.8. The highest BCUT2D eigenvalue weighted by Crippen LogP contribution is 2.45. The number of fused-ring (bicyclic) bond motifs is 8. The molecule has 0 aliphatic rings. The van der Waals surface area contributed by atoms with E-state index >= 15 is 0 Å². The average molecular weight is 402 g/mol. The summed E-state index contributed by atoms with van der Waals surface area (Å²) in [5, 5.41) is 18.8. The van der Waals surface area contributed by atoms with Crippen LogP contribution >= 0.6 is 0 Å². The van der Waals surface area contributed by atoms with Gasteiger partial charge in [0.05, 0.1) is 0 Å². The van der Waals surface area contributed by atoms with Crippen molar-refractivity contribution in [3.63, 3.8) is 0 Å². The molecule has 0 aliphatic carbocycles. The van der Waals surface area contributed by atoms with Crippen LogP contribution in [0.25, 0.3) is 75.4 Å². The first-order valence-corrected chi connectivity index (χ1v) is 11.2. The van der Waals surface area contributed by atoms with Crippen LogP contribution < -0.4 is 0 Å². The van der Waals surface area contributed by atoms with Crippen molar-refractivity contribution in [2.24, 2.45) is 0 Å². The lowest BCUT2D eigenvalue weighted by molar-refractivity contribution is 1.79. The van der Waals surface area contributed by atoms with Gasteiger partial charge >= 0.3 is 0 Å². The molecule has 0 saturated heterocycles. The fourth-order valence-electron chi connectivity index (χ4n) is 6.02. The van der Waals surface area contributed by atoms with Crippen molar-refractivity contribution in [2.75, 3.05) is 0 Å². The highest BCUT2D eigenvalue weighted by molar-refractivity contribution is 6.39. The highest BCUT2D eigenvalue weighted by atomic mass is 14.2. The average Bonchev–Trinajstić information content (AvgIpc) is 2.86. The van der Waals surface area contributed by atoms with Crippen molar-refractivity contribution in [3.05, 3.63) is 109 Å². The first-order valence-electron chi connectivity index (χ1n) is 11.2. The summed E-state index contributed by atoms with van der Waals surface area (Å²) < 4.78 is 0. The number of benzene rings is 8. The first-order chi connectivity index (χ1) is 15.9. The molecule has 32 heavy (non-hydrogen) atoms. The van der Waals surface area contributed by atoms with E-state index in [0.29, 0.717) is 0 Å². The Balaban J connectivity index is 1.72. The van der Waals surface area contributed by atoms with Crippen LogP contribution in [0.15, 0.2) is 109 Å². The van der Waals surface area contributed by atoms with Crippen LogP contribution in [0, 0.1) is 0 Å². The molecule has 0 heterocycles. The summed E-state index contributed by atoms with van der Waals surface area (Å²) in [5.74, 6) is 0. The van der Waals surface area contributed by atoms with Gasteiger partial charge in [-0.05, 0) is 81.5 Å². The second-order valence-corrected chi connectivity index (χ2v) is 8.91. The molecular weight excluding hydrogens is 384 g/mol. The molecule has 0 bridgehead atoms. The van der Waals surface area contributed by atoms with E-state index in [1.54, 1.807) is 0 Å². The molecule has 8 aromatic rings. The SMILES string of the molecule is c1ccc2c(c1)ccc1c2ccc2c1cc1cccc3c4cccc5cccc(c54)c2c13. The molecular formula is C32H18. The van der Waals surface area contributed by atoms with Crippen molar-refractivity contribution in [1.82, 2.24) is 0 Å². The topological polar surface area (TPSA) is 0 Å². The van der Waals surface area contributed by atoms with Crippen LogP contribution in [0.5, 0.6) is 0 Å². The smallest absolute Gasteiger partial charge is 0.00139 e. The van der Waals surface area contributed by atoms with Gasteiger partial charge in [0.25, 0.3) is 0 Å². The van der Waals surface area contributed by atoms with E-state index in [9.17, 15) is 0 Å². The third-order valence-electron chi connectivity index (χ3n) is 7.35. The Labute approximate surface area is 184 Å². The third kappa shape index (κ3) is 1.93. The molecule has 0 amide bonds. The molecule has 0 spiro atoms. The molecule has 0 nitrogen and oxygen atoms in total. The van der Waals surface area contributed by atoms with Crippen LogP contribution in [0.2, 0.25) is 0 Å². The van der Waals surface area contributed by atoms with Gasteiger partial charge in [-0.3, -0.25) is 0 Å². The summed E-state index contributed by atoms with van der Waals surface area (Å²) in [7, 11) is 0. The summed E-state index contributed by atoms with van der Waals surface area (Å²) in [6.07, 6.45) is 0. The summed E-state index contributed by atoms with van der Waals surface area (Å²) in [5.41, 5.74) is 0. The number of hydrogen-bond acceptors (Lipinski definition) is 0. The van der Waals surface area contributed by atoms with Crippen molar-refractivity contribution in [3.8, 4) is 0 Å². The number of hydrogen-bond donors (Lipinski definition) is 0. The molecule has 0 aliphatic heterocycles. The molecule has 8 rings (SSSR count). The van der Waals surface area contributed by atoms with Gasteiger partial charge in [-0.25, -0.2) is 0 Å². The zero-order valence-corrected chi connectivity index (χ0v) is 17.4. The van der Waals surface area contributed by atoms with Crippen LogP contribution in [-0.2, 0) is 0 Å². The molecule has 0 atom stereocenters. The van der Waals surface area contributed by atoms with Crippen LogP contribution in [-0.4, -0.2) is 0 Å². The van der Waals surface area contributed by atoms with Crippen molar-refractivity contribution >= 4 is 75.4 Å². The van der Waals surface area contributed by atoms with E-state index in [4.69, 9.17) is 0 Å². The largest absolute Gasteiger partial charge is 0.0616 e. The Morgan fingerprint density at radius 1 is 0.250 bits per heavy atom. The third-order valence-corrected chi connectivity index (χ3v) is 7.35.